The van der Waals surface area contributed by atoms with Gasteiger partial charge in [0.15, 0.2) is 0 Å². The standard InChI is InChI=1S/C10H16.C10H14.2C2H4O2/c1-7-4-5-8-6-9(7)10(8,2)3;1-8(2)10-6-4-9(3)5-7-10;2*1-2(3)4/h8H,4-6H2,1-3H3;4-8H,1-3H3;2*1H3,(H,3,4). The van der Waals surface area contributed by atoms with Crippen molar-refractivity contribution in [1.82, 2.24) is 0 Å². The highest BCUT2D eigenvalue weighted by Crippen LogP contribution is 2.58. The van der Waals surface area contributed by atoms with E-state index in [0.29, 0.717) is 11.3 Å². The summed E-state index contributed by atoms with van der Waals surface area (Å²) in [5, 5.41) is 14.8. The van der Waals surface area contributed by atoms with Gasteiger partial charge in [-0.2, -0.15) is 0 Å². The van der Waals surface area contributed by atoms with Crippen LogP contribution in [0.5, 0.6) is 0 Å². The fraction of sp³-hybridized carbons (Fsp3) is 0.583. The summed E-state index contributed by atoms with van der Waals surface area (Å²) in [5.74, 6) is 0.00630. The third-order valence-electron chi connectivity index (χ3n) is 5.38. The molecular formula is C24H38O4. The highest BCUT2D eigenvalue weighted by atomic mass is 16.4. The maximum Gasteiger partial charge on any atom is 0.300 e. The molecule has 4 nitrogen and oxygen atoms in total. The van der Waals surface area contributed by atoms with Crippen molar-refractivity contribution in [3.05, 3.63) is 46.5 Å². The van der Waals surface area contributed by atoms with E-state index >= 15 is 0 Å². The minimum absolute atomic E-state index is 0.586. The topological polar surface area (TPSA) is 74.6 Å². The molecule has 1 saturated carbocycles. The summed E-state index contributed by atoms with van der Waals surface area (Å²) in [7, 11) is 0. The molecule has 1 atom stereocenters. The van der Waals surface area contributed by atoms with Crippen LogP contribution in [-0.2, 0) is 9.59 Å². The molecule has 0 radical (unpaired) electrons. The minimum atomic E-state index is -0.833. The van der Waals surface area contributed by atoms with Crippen LogP contribution in [0.25, 0.3) is 0 Å². The molecule has 2 N–H and O–H groups in total. The van der Waals surface area contributed by atoms with Gasteiger partial charge in [-0.15, -0.1) is 0 Å². The molecule has 0 heterocycles. The molecule has 0 aliphatic heterocycles. The van der Waals surface area contributed by atoms with Crippen molar-refractivity contribution in [1.29, 1.82) is 0 Å². The lowest BCUT2D eigenvalue weighted by Gasteiger charge is -2.52. The van der Waals surface area contributed by atoms with Gasteiger partial charge >= 0.3 is 0 Å². The molecule has 4 heteroatoms. The van der Waals surface area contributed by atoms with Crippen LogP contribution in [0.2, 0.25) is 0 Å². The summed E-state index contributed by atoms with van der Waals surface area (Å²) in [5.41, 5.74) is 6.80. The molecule has 0 amide bonds. The van der Waals surface area contributed by atoms with Gasteiger partial charge in [0.25, 0.3) is 11.9 Å². The maximum atomic E-state index is 9.00. The van der Waals surface area contributed by atoms with Gasteiger partial charge in [-0.25, -0.2) is 0 Å². The van der Waals surface area contributed by atoms with Crippen LogP contribution in [-0.4, -0.2) is 22.2 Å². The summed E-state index contributed by atoms with van der Waals surface area (Å²) >= 11 is 0. The van der Waals surface area contributed by atoms with E-state index in [1.54, 1.807) is 11.1 Å². The number of allylic oxidation sites excluding steroid dienone is 2. The molecule has 1 aromatic rings. The Hall–Kier alpha value is -2.10. The van der Waals surface area contributed by atoms with Gasteiger partial charge in [-0.1, -0.05) is 68.7 Å². The lowest BCUT2D eigenvalue weighted by molar-refractivity contribution is -0.135. The van der Waals surface area contributed by atoms with E-state index in [2.05, 4.69) is 65.8 Å². The van der Waals surface area contributed by atoms with Crippen LogP contribution in [0.3, 0.4) is 0 Å². The lowest BCUT2D eigenvalue weighted by Crippen LogP contribution is -2.41. The molecule has 3 aliphatic rings. The first kappa shape index (κ1) is 25.9. The zero-order valence-electron chi connectivity index (χ0n) is 18.8. The average Bonchev–Trinajstić information content (AvgIpc) is 2.54. The van der Waals surface area contributed by atoms with Crippen LogP contribution in [0, 0.1) is 18.3 Å². The largest absolute Gasteiger partial charge is 0.481 e. The lowest BCUT2D eigenvalue weighted by atomic mass is 9.52. The van der Waals surface area contributed by atoms with Crippen LogP contribution >= 0.6 is 0 Å². The maximum absolute atomic E-state index is 9.00. The summed E-state index contributed by atoms with van der Waals surface area (Å²) in [6.45, 7) is 15.8. The molecule has 3 aliphatic carbocycles. The van der Waals surface area contributed by atoms with E-state index in [4.69, 9.17) is 19.8 Å². The Balaban J connectivity index is 0.000000382. The molecule has 0 saturated heterocycles. The first-order valence-electron chi connectivity index (χ1n) is 9.93. The SMILES string of the molecule is CC(=O)O.CC(=O)O.CC1=C2CC(CC1)C2(C)C.Cc1ccc(C(C)C)cc1. The molecule has 4 rings (SSSR count). The number of carboxylic acids is 2. The van der Waals surface area contributed by atoms with Crippen LogP contribution in [0.1, 0.15) is 84.8 Å². The van der Waals surface area contributed by atoms with E-state index in [9.17, 15) is 0 Å². The highest BCUT2D eigenvalue weighted by Gasteiger charge is 2.46. The van der Waals surface area contributed by atoms with E-state index in [-0.39, 0.29) is 0 Å². The first-order chi connectivity index (χ1) is 12.8. The van der Waals surface area contributed by atoms with Gasteiger partial charge in [0.2, 0.25) is 0 Å². The third kappa shape index (κ3) is 9.20. The Morgan fingerprint density at radius 2 is 1.43 bits per heavy atom. The number of carboxylic acid groups (broad SMARTS) is 2. The molecule has 158 valence electrons. The van der Waals surface area contributed by atoms with Crippen molar-refractivity contribution in [3.63, 3.8) is 0 Å². The van der Waals surface area contributed by atoms with E-state index in [0.717, 1.165) is 19.8 Å². The smallest absolute Gasteiger partial charge is 0.300 e. The number of benzene rings is 1. The summed E-state index contributed by atoms with van der Waals surface area (Å²) < 4.78 is 0. The van der Waals surface area contributed by atoms with E-state index in [1.807, 2.05) is 0 Å². The number of aliphatic carboxylic acids is 2. The molecule has 0 spiro atoms. The Labute approximate surface area is 170 Å². The zero-order chi connectivity index (χ0) is 22.1. The van der Waals surface area contributed by atoms with Crippen LogP contribution in [0.4, 0.5) is 0 Å². The van der Waals surface area contributed by atoms with Crippen molar-refractivity contribution in [2.75, 3.05) is 0 Å². The van der Waals surface area contributed by atoms with Crippen molar-refractivity contribution in [2.45, 2.75) is 80.6 Å². The van der Waals surface area contributed by atoms with Crippen molar-refractivity contribution < 1.29 is 19.8 Å². The van der Waals surface area contributed by atoms with Gasteiger partial charge in [0.05, 0.1) is 0 Å². The number of aryl methyl sites for hydroxylation is 1. The summed E-state index contributed by atoms with van der Waals surface area (Å²) in [4.78, 5) is 18.0. The Morgan fingerprint density at radius 1 is 1.00 bits per heavy atom. The number of carbonyl (C=O) groups is 2. The van der Waals surface area contributed by atoms with Crippen molar-refractivity contribution in [2.24, 2.45) is 11.3 Å². The highest BCUT2D eigenvalue weighted by molar-refractivity contribution is 5.63. The Kier molecular flexibility index (Phi) is 10.8. The Morgan fingerprint density at radius 3 is 1.68 bits per heavy atom. The second-order valence-electron chi connectivity index (χ2n) is 8.52. The van der Waals surface area contributed by atoms with Gasteiger partial charge in [-0.05, 0) is 55.9 Å². The average molecular weight is 391 g/mol. The summed E-state index contributed by atoms with van der Waals surface area (Å²) in [6, 6.07) is 8.71. The van der Waals surface area contributed by atoms with E-state index in [1.165, 1.54) is 30.4 Å². The quantitative estimate of drug-likeness (QED) is 0.541. The number of hydrogen-bond donors (Lipinski definition) is 2. The van der Waals surface area contributed by atoms with E-state index < -0.39 is 11.9 Å². The second-order valence-corrected chi connectivity index (χ2v) is 8.52. The molecule has 2 bridgehead atoms. The molecular weight excluding hydrogens is 352 g/mol. The van der Waals surface area contributed by atoms with Gasteiger partial charge in [-0.3, -0.25) is 9.59 Å². The molecule has 28 heavy (non-hydrogen) atoms. The fourth-order valence-corrected chi connectivity index (χ4v) is 3.56. The molecule has 1 fully saturated rings. The number of fused-ring (bicyclic) bond motifs is 2. The van der Waals surface area contributed by atoms with Crippen LogP contribution < -0.4 is 0 Å². The normalized spacial score (nSPS) is 18.2. The Bertz CT molecular complexity index is 646. The van der Waals surface area contributed by atoms with Crippen molar-refractivity contribution >= 4 is 11.9 Å². The van der Waals surface area contributed by atoms with Crippen molar-refractivity contribution in [3.8, 4) is 0 Å². The fourth-order valence-electron chi connectivity index (χ4n) is 3.56. The molecule has 1 unspecified atom stereocenters. The van der Waals surface area contributed by atoms with Crippen LogP contribution in [0.15, 0.2) is 35.4 Å². The summed E-state index contributed by atoms with van der Waals surface area (Å²) in [6.07, 6.45) is 4.24. The van der Waals surface area contributed by atoms with Gasteiger partial charge < -0.3 is 10.2 Å². The number of hydrogen-bond acceptors (Lipinski definition) is 2. The number of rotatable bonds is 1. The van der Waals surface area contributed by atoms with Gasteiger partial charge in [0.1, 0.15) is 0 Å². The zero-order valence-corrected chi connectivity index (χ0v) is 18.8. The second kappa shape index (κ2) is 11.7. The third-order valence-corrected chi connectivity index (χ3v) is 5.38. The minimum Gasteiger partial charge on any atom is -0.481 e. The first-order valence-corrected chi connectivity index (χ1v) is 9.93. The monoisotopic (exact) mass is 390 g/mol. The molecule has 0 aromatic heterocycles. The predicted octanol–water partition coefficient (Wildman–Crippen LogP) is 6.44. The predicted molar refractivity (Wildman–Crippen MR) is 116 cm³/mol. The molecule has 1 aromatic carbocycles. The van der Waals surface area contributed by atoms with Gasteiger partial charge in [0, 0.05) is 13.8 Å².